The van der Waals surface area contributed by atoms with Crippen LogP contribution in [0.1, 0.15) is 12.5 Å². The maximum atomic E-state index is 12.3. The second-order valence-corrected chi connectivity index (χ2v) is 5.27. The zero-order chi connectivity index (χ0) is 17.0. The Labute approximate surface area is 133 Å². The Kier molecular flexibility index (Phi) is 4.95. The fourth-order valence-corrected chi connectivity index (χ4v) is 2.09. The van der Waals surface area contributed by atoms with E-state index in [1.54, 1.807) is 13.0 Å². The van der Waals surface area contributed by atoms with Crippen molar-refractivity contribution in [2.24, 2.45) is 5.92 Å². The van der Waals surface area contributed by atoms with Crippen molar-refractivity contribution in [2.45, 2.75) is 20.4 Å². The van der Waals surface area contributed by atoms with Gasteiger partial charge in [0.25, 0.3) is 0 Å². The summed E-state index contributed by atoms with van der Waals surface area (Å²) in [4.78, 5) is 22.4. The molecule has 1 aromatic heterocycles. The molecule has 8 heteroatoms. The van der Waals surface area contributed by atoms with Crippen LogP contribution in [-0.4, -0.2) is 27.7 Å². The van der Waals surface area contributed by atoms with Crippen LogP contribution >= 0.6 is 0 Å². The second kappa shape index (κ2) is 6.91. The van der Waals surface area contributed by atoms with Gasteiger partial charge in [-0.2, -0.15) is 5.10 Å². The molecule has 0 aliphatic carbocycles. The normalized spacial score (nSPS) is 11.8. The molecule has 0 bridgehead atoms. The molecule has 2 rings (SSSR count). The van der Waals surface area contributed by atoms with Crippen LogP contribution in [0.4, 0.5) is 11.4 Å². The Hall–Kier alpha value is -2.90. The molecule has 0 fully saturated rings. The smallest absolute Gasteiger partial charge is 0.306 e. The highest BCUT2D eigenvalue weighted by atomic mass is 16.6. The summed E-state index contributed by atoms with van der Waals surface area (Å²) in [7, 11) is 1.53. The maximum Gasteiger partial charge on any atom is 0.306 e. The van der Waals surface area contributed by atoms with E-state index in [1.165, 1.54) is 18.0 Å². The molecule has 0 radical (unpaired) electrons. The van der Waals surface area contributed by atoms with Gasteiger partial charge in [0.2, 0.25) is 5.91 Å². The number of carbonyl (C=O) groups is 1. The van der Waals surface area contributed by atoms with Crippen molar-refractivity contribution in [1.29, 1.82) is 0 Å². The van der Waals surface area contributed by atoms with Crippen LogP contribution in [0.3, 0.4) is 0 Å². The molecule has 0 aliphatic heterocycles. The molecule has 122 valence electrons. The SMILES string of the molecule is COc1ccc(C)cc1NC(=O)C(C)Cn1cc([N+](=O)[O-])cn1. The number of nitro groups is 1. The highest BCUT2D eigenvalue weighted by Crippen LogP contribution is 2.25. The number of nitrogens with zero attached hydrogens (tertiary/aromatic N) is 3. The van der Waals surface area contributed by atoms with E-state index in [2.05, 4.69) is 10.4 Å². The number of benzene rings is 1. The minimum Gasteiger partial charge on any atom is -0.495 e. The molecular weight excluding hydrogens is 300 g/mol. The van der Waals surface area contributed by atoms with Gasteiger partial charge in [-0.25, -0.2) is 0 Å². The number of rotatable bonds is 6. The molecule has 1 atom stereocenters. The predicted octanol–water partition coefficient (Wildman–Crippen LogP) is 2.38. The van der Waals surface area contributed by atoms with Gasteiger partial charge in [-0.1, -0.05) is 13.0 Å². The molecule has 1 heterocycles. The topological polar surface area (TPSA) is 99.3 Å². The molecule has 1 unspecified atom stereocenters. The fraction of sp³-hybridized carbons (Fsp3) is 0.333. The number of aryl methyl sites for hydroxylation is 1. The van der Waals surface area contributed by atoms with Gasteiger partial charge < -0.3 is 10.1 Å². The monoisotopic (exact) mass is 318 g/mol. The third-order valence-corrected chi connectivity index (χ3v) is 3.35. The summed E-state index contributed by atoms with van der Waals surface area (Å²) in [6.45, 7) is 3.89. The van der Waals surface area contributed by atoms with Crippen molar-refractivity contribution >= 4 is 17.3 Å². The predicted molar refractivity (Wildman–Crippen MR) is 84.4 cm³/mol. The summed E-state index contributed by atoms with van der Waals surface area (Å²) in [5.41, 5.74) is 1.49. The molecule has 2 aromatic rings. The zero-order valence-electron chi connectivity index (χ0n) is 13.1. The average molecular weight is 318 g/mol. The first-order valence-electron chi connectivity index (χ1n) is 7.03. The lowest BCUT2D eigenvalue weighted by atomic mass is 10.1. The molecule has 23 heavy (non-hydrogen) atoms. The van der Waals surface area contributed by atoms with Crippen LogP contribution in [0.2, 0.25) is 0 Å². The van der Waals surface area contributed by atoms with Crippen molar-refractivity contribution in [1.82, 2.24) is 9.78 Å². The number of nitrogens with one attached hydrogen (secondary N) is 1. The Balaban J connectivity index is 2.05. The van der Waals surface area contributed by atoms with Gasteiger partial charge in [-0.05, 0) is 24.6 Å². The van der Waals surface area contributed by atoms with Crippen molar-refractivity contribution < 1.29 is 14.5 Å². The van der Waals surface area contributed by atoms with E-state index in [4.69, 9.17) is 4.74 Å². The lowest BCUT2D eigenvalue weighted by Crippen LogP contribution is -2.24. The molecular formula is C15H18N4O4. The zero-order valence-corrected chi connectivity index (χ0v) is 13.1. The number of ether oxygens (including phenoxy) is 1. The van der Waals surface area contributed by atoms with E-state index >= 15 is 0 Å². The quantitative estimate of drug-likeness (QED) is 0.651. The van der Waals surface area contributed by atoms with Crippen molar-refractivity contribution in [3.05, 3.63) is 46.3 Å². The Morgan fingerprint density at radius 2 is 2.26 bits per heavy atom. The van der Waals surface area contributed by atoms with E-state index in [0.29, 0.717) is 11.4 Å². The fourth-order valence-electron chi connectivity index (χ4n) is 2.09. The standard InChI is InChI=1S/C15H18N4O4/c1-10-4-5-14(23-3)13(6-10)17-15(20)11(2)8-18-9-12(7-16-18)19(21)22/h4-7,9,11H,8H2,1-3H3,(H,17,20). The minimum atomic E-state index is -0.522. The number of carbonyl (C=O) groups excluding carboxylic acids is 1. The first-order chi connectivity index (χ1) is 10.9. The molecule has 1 N–H and O–H groups in total. The van der Waals surface area contributed by atoms with Gasteiger partial charge in [-0.15, -0.1) is 0 Å². The summed E-state index contributed by atoms with van der Waals surface area (Å²) in [6, 6.07) is 5.50. The minimum absolute atomic E-state index is 0.0991. The summed E-state index contributed by atoms with van der Waals surface area (Å²) in [5.74, 6) is -0.0577. The van der Waals surface area contributed by atoms with E-state index in [-0.39, 0.29) is 18.1 Å². The Bertz CT molecular complexity index is 726. The highest BCUT2D eigenvalue weighted by Gasteiger charge is 2.18. The lowest BCUT2D eigenvalue weighted by molar-refractivity contribution is -0.385. The number of hydrogen-bond donors (Lipinski definition) is 1. The van der Waals surface area contributed by atoms with Crippen LogP contribution in [0.5, 0.6) is 5.75 Å². The molecule has 1 amide bonds. The van der Waals surface area contributed by atoms with E-state index < -0.39 is 10.8 Å². The summed E-state index contributed by atoms with van der Waals surface area (Å²) < 4.78 is 6.61. The van der Waals surface area contributed by atoms with Crippen molar-refractivity contribution in [3.8, 4) is 5.75 Å². The highest BCUT2D eigenvalue weighted by molar-refractivity contribution is 5.93. The number of aromatic nitrogens is 2. The van der Waals surface area contributed by atoms with Gasteiger partial charge in [-0.3, -0.25) is 19.6 Å². The number of anilines is 1. The van der Waals surface area contributed by atoms with E-state index in [0.717, 1.165) is 11.8 Å². The third kappa shape index (κ3) is 4.06. The summed E-state index contributed by atoms with van der Waals surface area (Å²) in [5, 5.41) is 17.3. The molecule has 0 spiro atoms. The average Bonchev–Trinajstić information content (AvgIpc) is 2.96. The molecule has 8 nitrogen and oxygen atoms in total. The van der Waals surface area contributed by atoms with Crippen molar-refractivity contribution in [2.75, 3.05) is 12.4 Å². The number of hydrogen-bond acceptors (Lipinski definition) is 5. The van der Waals surface area contributed by atoms with E-state index in [9.17, 15) is 14.9 Å². The summed E-state index contributed by atoms with van der Waals surface area (Å²) >= 11 is 0. The van der Waals surface area contributed by atoms with Crippen LogP contribution in [-0.2, 0) is 11.3 Å². The van der Waals surface area contributed by atoms with E-state index in [1.807, 2.05) is 19.1 Å². The largest absolute Gasteiger partial charge is 0.495 e. The first kappa shape index (κ1) is 16.5. The van der Waals surface area contributed by atoms with Crippen LogP contribution in [0.15, 0.2) is 30.6 Å². The molecule has 0 saturated heterocycles. The Morgan fingerprint density at radius 1 is 1.52 bits per heavy atom. The molecule has 1 aromatic carbocycles. The van der Waals surface area contributed by atoms with Gasteiger partial charge >= 0.3 is 5.69 Å². The van der Waals surface area contributed by atoms with Gasteiger partial charge in [0.1, 0.15) is 18.1 Å². The third-order valence-electron chi connectivity index (χ3n) is 3.35. The lowest BCUT2D eigenvalue weighted by Gasteiger charge is -2.15. The Morgan fingerprint density at radius 3 is 2.87 bits per heavy atom. The number of methoxy groups -OCH3 is 1. The number of amides is 1. The molecule has 0 saturated carbocycles. The van der Waals surface area contributed by atoms with Crippen LogP contribution in [0, 0.1) is 23.0 Å². The second-order valence-electron chi connectivity index (χ2n) is 5.27. The van der Waals surface area contributed by atoms with Gasteiger partial charge in [0.05, 0.1) is 30.2 Å². The van der Waals surface area contributed by atoms with Gasteiger partial charge in [0, 0.05) is 0 Å². The van der Waals surface area contributed by atoms with Crippen LogP contribution < -0.4 is 10.1 Å². The van der Waals surface area contributed by atoms with Gasteiger partial charge in [0.15, 0.2) is 0 Å². The summed E-state index contributed by atoms with van der Waals surface area (Å²) in [6.07, 6.45) is 2.46. The van der Waals surface area contributed by atoms with Crippen molar-refractivity contribution in [3.63, 3.8) is 0 Å². The van der Waals surface area contributed by atoms with Crippen LogP contribution in [0.25, 0.3) is 0 Å². The first-order valence-corrected chi connectivity index (χ1v) is 7.03. The molecule has 0 aliphatic rings. The maximum absolute atomic E-state index is 12.3.